The Morgan fingerprint density at radius 1 is 1.03 bits per heavy atom. The van der Waals surface area contributed by atoms with Crippen LogP contribution in [0.3, 0.4) is 0 Å². The van der Waals surface area contributed by atoms with Gasteiger partial charge in [0.2, 0.25) is 5.82 Å². The highest BCUT2D eigenvalue weighted by atomic mass is 19.1. The molecule has 3 N–H and O–H groups in total. The van der Waals surface area contributed by atoms with Gasteiger partial charge in [-0.1, -0.05) is 42.2 Å². The van der Waals surface area contributed by atoms with Crippen molar-refractivity contribution in [2.24, 2.45) is 0 Å². The quantitative estimate of drug-likeness (QED) is 0.445. The fraction of sp³-hybridized carbons (Fsp3) is 0.269. The van der Waals surface area contributed by atoms with Gasteiger partial charge in [-0.15, -0.1) is 0 Å². The maximum Gasteiger partial charge on any atom is 0.209 e. The number of aromatic nitrogens is 4. The normalized spacial score (nSPS) is 15.2. The second-order valence-corrected chi connectivity index (χ2v) is 8.56. The molecule has 0 radical (unpaired) electrons. The number of aliphatic hydroxyl groups is 1. The number of hydrogen-bond donors (Lipinski definition) is 2. The number of halogens is 1. The van der Waals surface area contributed by atoms with Gasteiger partial charge in [0.05, 0.1) is 0 Å². The van der Waals surface area contributed by atoms with Crippen molar-refractivity contribution >= 4 is 17.0 Å². The van der Waals surface area contributed by atoms with Crippen LogP contribution in [0.2, 0.25) is 0 Å². The summed E-state index contributed by atoms with van der Waals surface area (Å²) in [5, 5.41) is 10.7. The van der Waals surface area contributed by atoms with Crippen LogP contribution in [0.5, 0.6) is 0 Å². The summed E-state index contributed by atoms with van der Waals surface area (Å²) in [7, 11) is 0. The molecule has 7 heteroatoms. The molecule has 1 fully saturated rings. The number of imidazole rings is 1. The summed E-state index contributed by atoms with van der Waals surface area (Å²) in [6.07, 6.45) is 4.29. The topological polar surface area (TPSA) is 89.9 Å². The van der Waals surface area contributed by atoms with Gasteiger partial charge < -0.3 is 10.8 Å². The van der Waals surface area contributed by atoms with Crippen molar-refractivity contribution in [1.29, 1.82) is 0 Å². The van der Waals surface area contributed by atoms with Gasteiger partial charge in [0, 0.05) is 11.3 Å². The largest absolute Gasteiger partial charge is 0.382 e. The zero-order valence-electron chi connectivity index (χ0n) is 18.3. The molecule has 0 atom stereocenters. The van der Waals surface area contributed by atoms with E-state index in [9.17, 15) is 9.50 Å². The van der Waals surface area contributed by atoms with Crippen LogP contribution in [0.25, 0.3) is 28.2 Å². The van der Waals surface area contributed by atoms with Gasteiger partial charge in [-0.2, -0.15) is 0 Å². The zero-order valence-corrected chi connectivity index (χ0v) is 18.3. The summed E-state index contributed by atoms with van der Waals surface area (Å²) < 4.78 is 15.9. The van der Waals surface area contributed by atoms with E-state index in [1.54, 1.807) is 12.1 Å². The molecule has 0 amide bonds. The van der Waals surface area contributed by atoms with Crippen molar-refractivity contribution in [3.8, 4) is 28.9 Å². The lowest BCUT2D eigenvalue weighted by molar-refractivity contribution is 0.0610. The number of fused-ring (bicyclic) bond motifs is 1. The molecule has 0 spiro atoms. The standard InChI is InChI=1S/C26H24FN5O/c1-17-8-10-20(11-9-17)32-24(18-6-5-7-19(27)16-18)31-22-23(28)29-21(30-25(22)32)12-15-26(33)13-3-2-4-14-26/h5-11,16,33H,2-4,13-14H2,1H3,(H2,28,29,30). The summed E-state index contributed by atoms with van der Waals surface area (Å²) in [6, 6.07) is 14.1. The number of nitrogen functional groups attached to an aromatic ring is 1. The average molecular weight is 442 g/mol. The molecule has 33 heavy (non-hydrogen) atoms. The van der Waals surface area contributed by atoms with Gasteiger partial charge >= 0.3 is 0 Å². The monoisotopic (exact) mass is 441 g/mol. The molecular formula is C26H24FN5O. The fourth-order valence-electron chi connectivity index (χ4n) is 4.23. The molecule has 2 heterocycles. The Balaban J connectivity index is 1.71. The Bertz CT molecular complexity index is 1390. The predicted octanol–water partition coefficient (Wildman–Crippen LogP) is 4.56. The molecule has 0 saturated heterocycles. The Morgan fingerprint density at radius 3 is 2.52 bits per heavy atom. The van der Waals surface area contributed by atoms with E-state index in [0.717, 1.165) is 30.5 Å². The summed E-state index contributed by atoms with van der Waals surface area (Å²) in [5.74, 6) is 6.44. The van der Waals surface area contributed by atoms with Crippen molar-refractivity contribution in [1.82, 2.24) is 19.5 Å². The highest BCUT2D eigenvalue weighted by Crippen LogP contribution is 2.31. The van der Waals surface area contributed by atoms with E-state index in [1.807, 2.05) is 35.8 Å². The number of nitrogens with zero attached hydrogens (tertiary/aromatic N) is 4. The lowest BCUT2D eigenvalue weighted by Crippen LogP contribution is -2.29. The first kappa shape index (κ1) is 21.1. The molecule has 4 aromatic rings. The molecule has 2 aromatic carbocycles. The van der Waals surface area contributed by atoms with Crippen molar-refractivity contribution in [2.45, 2.75) is 44.6 Å². The number of rotatable bonds is 2. The third kappa shape index (κ3) is 4.18. The Hall–Kier alpha value is -3.76. The summed E-state index contributed by atoms with van der Waals surface area (Å²) >= 11 is 0. The van der Waals surface area contributed by atoms with E-state index in [-0.39, 0.29) is 17.5 Å². The highest BCUT2D eigenvalue weighted by Gasteiger charge is 2.27. The van der Waals surface area contributed by atoms with Crippen LogP contribution in [0.15, 0.2) is 48.5 Å². The minimum absolute atomic E-state index is 0.184. The van der Waals surface area contributed by atoms with Gasteiger partial charge in [-0.25, -0.2) is 19.3 Å². The van der Waals surface area contributed by atoms with Gasteiger partial charge in [-0.05, 0) is 62.8 Å². The number of hydrogen-bond acceptors (Lipinski definition) is 5. The van der Waals surface area contributed by atoms with E-state index in [4.69, 9.17) is 5.73 Å². The molecule has 1 aliphatic rings. The van der Waals surface area contributed by atoms with Crippen molar-refractivity contribution in [3.05, 3.63) is 65.7 Å². The number of anilines is 1. The fourth-order valence-corrected chi connectivity index (χ4v) is 4.23. The van der Waals surface area contributed by atoms with Crippen LogP contribution < -0.4 is 5.73 Å². The maximum atomic E-state index is 14.0. The van der Waals surface area contributed by atoms with Crippen LogP contribution in [0.1, 0.15) is 43.5 Å². The van der Waals surface area contributed by atoms with Gasteiger partial charge in [0.15, 0.2) is 17.0 Å². The molecule has 2 aromatic heterocycles. The molecule has 166 valence electrons. The molecule has 5 rings (SSSR count). The zero-order chi connectivity index (χ0) is 23.0. The van der Waals surface area contributed by atoms with Gasteiger partial charge in [0.1, 0.15) is 17.2 Å². The minimum Gasteiger partial charge on any atom is -0.382 e. The van der Waals surface area contributed by atoms with Gasteiger partial charge in [-0.3, -0.25) is 4.57 Å². The Labute approximate surface area is 191 Å². The third-order valence-corrected chi connectivity index (χ3v) is 6.00. The lowest BCUT2D eigenvalue weighted by atomic mass is 9.85. The van der Waals surface area contributed by atoms with Crippen LogP contribution >= 0.6 is 0 Å². The number of aryl methyl sites for hydroxylation is 1. The summed E-state index contributed by atoms with van der Waals surface area (Å²) in [6.45, 7) is 2.01. The van der Waals surface area contributed by atoms with E-state index in [0.29, 0.717) is 35.4 Å². The first-order chi connectivity index (χ1) is 15.9. The first-order valence-electron chi connectivity index (χ1n) is 11.1. The molecule has 0 unspecified atom stereocenters. The molecule has 1 aliphatic carbocycles. The number of nitrogens with two attached hydrogens (primary N) is 1. The minimum atomic E-state index is -1.02. The molecule has 6 nitrogen and oxygen atoms in total. The predicted molar refractivity (Wildman–Crippen MR) is 126 cm³/mol. The van der Waals surface area contributed by atoms with Crippen molar-refractivity contribution in [2.75, 3.05) is 5.73 Å². The third-order valence-electron chi connectivity index (χ3n) is 6.00. The Kier molecular flexibility index (Phi) is 5.31. The second-order valence-electron chi connectivity index (χ2n) is 8.56. The van der Waals surface area contributed by atoms with E-state index >= 15 is 0 Å². The smallest absolute Gasteiger partial charge is 0.209 e. The van der Waals surface area contributed by atoms with E-state index in [1.165, 1.54) is 12.1 Å². The molecule has 0 bridgehead atoms. The van der Waals surface area contributed by atoms with Crippen LogP contribution in [-0.2, 0) is 0 Å². The molecule has 1 saturated carbocycles. The van der Waals surface area contributed by atoms with Gasteiger partial charge in [0.25, 0.3) is 0 Å². The van der Waals surface area contributed by atoms with Crippen molar-refractivity contribution < 1.29 is 9.50 Å². The lowest BCUT2D eigenvalue weighted by Gasteiger charge is -2.26. The van der Waals surface area contributed by atoms with Crippen LogP contribution in [0.4, 0.5) is 10.2 Å². The van der Waals surface area contributed by atoms with Crippen molar-refractivity contribution in [3.63, 3.8) is 0 Å². The average Bonchev–Trinajstić information content (AvgIpc) is 3.19. The summed E-state index contributed by atoms with van der Waals surface area (Å²) in [5.41, 5.74) is 8.65. The summed E-state index contributed by atoms with van der Waals surface area (Å²) in [4.78, 5) is 13.6. The second kappa shape index (κ2) is 8.30. The highest BCUT2D eigenvalue weighted by molar-refractivity contribution is 5.87. The van der Waals surface area contributed by atoms with Crippen LogP contribution in [0, 0.1) is 24.6 Å². The Morgan fingerprint density at radius 2 is 1.79 bits per heavy atom. The maximum absolute atomic E-state index is 14.0. The molecular weight excluding hydrogens is 417 g/mol. The SMILES string of the molecule is Cc1ccc(-n2c(-c3cccc(F)c3)nc3c(N)nc(C#CC4(O)CCCCC4)nc32)cc1. The first-order valence-corrected chi connectivity index (χ1v) is 11.1. The van der Waals surface area contributed by atoms with Crippen LogP contribution in [-0.4, -0.2) is 30.2 Å². The van der Waals surface area contributed by atoms with E-state index < -0.39 is 5.60 Å². The number of benzene rings is 2. The van der Waals surface area contributed by atoms with E-state index in [2.05, 4.69) is 26.8 Å². The molecule has 0 aliphatic heterocycles.